The van der Waals surface area contributed by atoms with Crippen LogP contribution in [0.15, 0.2) is 24.3 Å². The summed E-state index contributed by atoms with van der Waals surface area (Å²) in [5.41, 5.74) is 8.65. The van der Waals surface area contributed by atoms with Gasteiger partial charge in [0.2, 0.25) is 0 Å². The molecule has 1 fully saturated rings. The molecule has 0 bridgehead atoms. The Morgan fingerprint density at radius 2 is 1.88 bits per heavy atom. The number of nitrogens with two attached hydrogens (primary N) is 1. The molecule has 0 unspecified atom stereocenters. The highest BCUT2D eigenvalue weighted by atomic mass is 15.3. The van der Waals surface area contributed by atoms with Gasteiger partial charge in [-0.1, -0.05) is 37.5 Å². The Kier molecular flexibility index (Phi) is 2.44. The van der Waals surface area contributed by atoms with Crippen LogP contribution in [0, 0.1) is 0 Å². The number of aromatic nitrogens is 2. The van der Waals surface area contributed by atoms with Crippen LogP contribution in [-0.2, 0) is 12.6 Å². The molecule has 90 valence electrons. The van der Waals surface area contributed by atoms with Gasteiger partial charge in [-0.2, -0.15) is 5.10 Å². The molecule has 3 heteroatoms. The van der Waals surface area contributed by atoms with Crippen LogP contribution < -0.4 is 5.73 Å². The van der Waals surface area contributed by atoms with Crippen LogP contribution >= 0.6 is 0 Å². The molecule has 2 aromatic rings. The standard InChI is InChI=1S/C14H19N3/c1-17-12-8-4-3-7-11(12)13(16-17)14(15)9-5-2-6-10-14/h3-4,7-8H,2,5-6,9-10,15H2,1H3. The lowest BCUT2D eigenvalue weighted by Crippen LogP contribution is -2.39. The molecule has 0 spiro atoms. The van der Waals surface area contributed by atoms with Crippen LogP contribution in [0.25, 0.3) is 10.9 Å². The minimum Gasteiger partial charge on any atom is -0.320 e. The first-order valence-corrected chi connectivity index (χ1v) is 6.42. The van der Waals surface area contributed by atoms with E-state index in [9.17, 15) is 0 Å². The van der Waals surface area contributed by atoms with Crippen molar-refractivity contribution >= 4 is 10.9 Å². The van der Waals surface area contributed by atoms with E-state index in [-0.39, 0.29) is 5.54 Å². The Bertz CT molecular complexity index is 535. The van der Waals surface area contributed by atoms with Gasteiger partial charge in [0.25, 0.3) is 0 Å². The lowest BCUT2D eigenvalue weighted by Gasteiger charge is -2.32. The Morgan fingerprint density at radius 3 is 2.65 bits per heavy atom. The van der Waals surface area contributed by atoms with Crippen LogP contribution in [0.1, 0.15) is 37.8 Å². The number of rotatable bonds is 1. The van der Waals surface area contributed by atoms with Crippen molar-refractivity contribution in [3.63, 3.8) is 0 Å². The van der Waals surface area contributed by atoms with E-state index in [1.807, 2.05) is 11.7 Å². The second kappa shape index (κ2) is 3.84. The van der Waals surface area contributed by atoms with E-state index in [0.29, 0.717) is 0 Å². The molecule has 1 saturated carbocycles. The van der Waals surface area contributed by atoms with Crippen molar-refractivity contribution in [1.82, 2.24) is 9.78 Å². The van der Waals surface area contributed by atoms with Gasteiger partial charge in [0.05, 0.1) is 16.7 Å². The third-order valence-electron chi connectivity index (χ3n) is 3.98. The number of aryl methyl sites for hydroxylation is 1. The molecule has 0 amide bonds. The van der Waals surface area contributed by atoms with Gasteiger partial charge in [-0.3, -0.25) is 4.68 Å². The second-order valence-electron chi connectivity index (χ2n) is 5.21. The fourth-order valence-corrected chi connectivity index (χ4v) is 3.00. The molecule has 1 aromatic carbocycles. The summed E-state index contributed by atoms with van der Waals surface area (Å²) in [7, 11) is 2.00. The number of para-hydroxylation sites is 1. The van der Waals surface area contributed by atoms with E-state index >= 15 is 0 Å². The summed E-state index contributed by atoms with van der Waals surface area (Å²) in [6.07, 6.45) is 5.88. The average Bonchev–Trinajstić information content (AvgIpc) is 2.69. The summed E-state index contributed by atoms with van der Waals surface area (Å²) in [5, 5.41) is 5.90. The molecule has 0 aliphatic heterocycles. The Morgan fingerprint density at radius 1 is 1.18 bits per heavy atom. The van der Waals surface area contributed by atoms with E-state index in [1.54, 1.807) is 0 Å². The van der Waals surface area contributed by atoms with Gasteiger partial charge in [0, 0.05) is 12.4 Å². The highest BCUT2D eigenvalue weighted by Gasteiger charge is 2.33. The SMILES string of the molecule is Cn1nc(C2(N)CCCCC2)c2ccccc21. The van der Waals surface area contributed by atoms with Gasteiger partial charge in [0.1, 0.15) is 0 Å². The maximum atomic E-state index is 6.58. The highest BCUT2D eigenvalue weighted by molar-refractivity contribution is 5.82. The summed E-state index contributed by atoms with van der Waals surface area (Å²) < 4.78 is 1.95. The lowest BCUT2D eigenvalue weighted by molar-refractivity contribution is 0.295. The Hall–Kier alpha value is -1.35. The van der Waals surface area contributed by atoms with E-state index in [4.69, 9.17) is 5.73 Å². The average molecular weight is 229 g/mol. The van der Waals surface area contributed by atoms with Crippen molar-refractivity contribution < 1.29 is 0 Å². The zero-order chi connectivity index (χ0) is 11.9. The lowest BCUT2D eigenvalue weighted by atomic mass is 9.79. The van der Waals surface area contributed by atoms with Crippen molar-refractivity contribution in [3.8, 4) is 0 Å². The molecule has 2 N–H and O–H groups in total. The van der Waals surface area contributed by atoms with Crippen molar-refractivity contribution in [3.05, 3.63) is 30.0 Å². The smallest absolute Gasteiger partial charge is 0.0901 e. The van der Waals surface area contributed by atoms with Crippen LogP contribution in [0.3, 0.4) is 0 Å². The van der Waals surface area contributed by atoms with Gasteiger partial charge in [-0.15, -0.1) is 0 Å². The molecule has 0 radical (unpaired) electrons. The highest BCUT2D eigenvalue weighted by Crippen LogP contribution is 2.37. The first kappa shape index (κ1) is 10.8. The third kappa shape index (κ3) is 1.65. The minimum absolute atomic E-state index is 0.209. The Labute approximate surface area is 102 Å². The number of hydrogen-bond donors (Lipinski definition) is 1. The molecule has 1 heterocycles. The summed E-state index contributed by atoms with van der Waals surface area (Å²) in [6.45, 7) is 0. The largest absolute Gasteiger partial charge is 0.320 e. The molecular weight excluding hydrogens is 210 g/mol. The van der Waals surface area contributed by atoms with E-state index in [0.717, 1.165) is 18.5 Å². The first-order chi connectivity index (χ1) is 8.21. The molecule has 17 heavy (non-hydrogen) atoms. The van der Waals surface area contributed by atoms with Gasteiger partial charge in [0.15, 0.2) is 0 Å². The van der Waals surface area contributed by atoms with E-state index < -0.39 is 0 Å². The number of benzene rings is 1. The third-order valence-corrected chi connectivity index (χ3v) is 3.98. The second-order valence-corrected chi connectivity index (χ2v) is 5.21. The predicted molar refractivity (Wildman–Crippen MR) is 69.7 cm³/mol. The molecule has 1 aliphatic carbocycles. The number of fused-ring (bicyclic) bond motifs is 1. The summed E-state index contributed by atoms with van der Waals surface area (Å²) in [4.78, 5) is 0. The van der Waals surface area contributed by atoms with Gasteiger partial charge < -0.3 is 5.73 Å². The number of nitrogens with zero attached hydrogens (tertiary/aromatic N) is 2. The van der Waals surface area contributed by atoms with Crippen LogP contribution in [0.4, 0.5) is 0 Å². The molecule has 3 rings (SSSR count). The first-order valence-electron chi connectivity index (χ1n) is 6.42. The van der Waals surface area contributed by atoms with Crippen molar-refractivity contribution in [2.75, 3.05) is 0 Å². The van der Waals surface area contributed by atoms with Crippen molar-refractivity contribution in [2.24, 2.45) is 12.8 Å². The van der Waals surface area contributed by atoms with Crippen LogP contribution in [0.5, 0.6) is 0 Å². The van der Waals surface area contributed by atoms with Crippen LogP contribution in [0.2, 0.25) is 0 Å². The van der Waals surface area contributed by atoms with Crippen molar-refractivity contribution in [1.29, 1.82) is 0 Å². The molecule has 0 saturated heterocycles. The maximum Gasteiger partial charge on any atom is 0.0901 e. The normalized spacial score (nSPS) is 19.6. The zero-order valence-electron chi connectivity index (χ0n) is 10.3. The van der Waals surface area contributed by atoms with E-state index in [1.165, 1.54) is 30.2 Å². The minimum atomic E-state index is -0.209. The molecule has 1 aliphatic rings. The van der Waals surface area contributed by atoms with Crippen molar-refractivity contribution in [2.45, 2.75) is 37.6 Å². The quantitative estimate of drug-likeness (QED) is 0.817. The van der Waals surface area contributed by atoms with Gasteiger partial charge >= 0.3 is 0 Å². The molecule has 1 aromatic heterocycles. The van der Waals surface area contributed by atoms with Gasteiger partial charge in [-0.05, 0) is 18.9 Å². The molecule has 0 atom stereocenters. The van der Waals surface area contributed by atoms with Gasteiger partial charge in [-0.25, -0.2) is 0 Å². The number of hydrogen-bond acceptors (Lipinski definition) is 2. The molecular formula is C14H19N3. The monoisotopic (exact) mass is 229 g/mol. The summed E-state index contributed by atoms with van der Waals surface area (Å²) in [5.74, 6) is 0. The maximum absolute atomic E-state index is 6.58. The zero-order valence-corrected chi connectivity index (χ0v) is 10.3. The molecule has 3 nitrogen and oxygen atoms in total. The summed E-state index contributed by atoms with van der Waals surface area (Å²) >= 11 is 0. The van der Waals surface area contributed by atoms with E-state index in [2.05, 4.69) is 29.4 Å². The fourth-order valence-electron chi connectivity index (χ4n) is 3.00. The summed E-state index contributed by atoms with van der Waals surface area (Å²) in [6, 6.07) is 8.37. The fraction of sp³-hybridized carbons (Fsp3) is 0.500. The van der Waals surface area contributed by atoms with Crippen LogP contribution in [-0.4, -0.2) is 9.78 Å². The topological polar surface area (TPSA) is 43.8 Å². The Balaban J connectivity index is 2.16. The predicted octanol–water partition coefficient (Wildman–Crippen LogP) is 2.69.